The fourth-order valence-corrected chi connectivity index (χ4v) is 1.53. The summed E-state index contributed by atoms with van der Waals surface area (Å²) in [7, 11) is 1.95. The van der Waals surface area contributed by atoms with Crippen LogP contribution in [0.2, 0.25) is 0 Å². The largest absolute Gasteiger partial charge is 0.351 e. The topological polar surface area (TPSA) is 32.3 Å². The highest BCUT2D eigenvalue weighted by Gasteiger charge is 2.16. The molecule has 0 fully saturated rings. The number of benzene rings is 1. The average Bonchev–Trinajstić information content (AvgIpc) is 2.36. The Labute approximate surface area is 103 Å². The lowest BCUT2D eigenvalue weighted by atomic mass is 10.2. The molecule has 0 aliphatic rings. The van der Waals surface area contributed by atoms with Gasteiger partial charge in [-0.05, 0) is 19.5 Å². The van der Waals surface area contributed by atoms with E-state index in [1.165, 1.54) is 5.56 Å². The normalized spacial score (nSPS) is 12.2. The third-order valence-electron chi connectivity index (χ3n) is 2.74. The molecule has 0 saturated carbocycles. The summed E-state index contributed by atoms with van der Waals surface area (Å²) >= 11 is 0. The quantitative estimate of drug-likeness (QED) is 0.759. The number of hydrogen-bond acceptors (Lipinski definition) is 2. The molecule has 0 spiro atoms. The van der Waals surface area contributed by atoms with Crippen molar-refractivity contribution in [3.05, 3.63) is 48.6 Å². The van der Waals surface area contributed by atoms with Gasteiger partial charge in [-0.3, -0.25) is 9.69 Å². The van der Waals surface area contributed by atoms with Crippen LogP contribution in [0.4, 0.5) is 0 Å². The van der Waals surface area contributed by atoms with E-state index in [1.54, 1.807) is 6.08 Å². The number of nitrogens with one attached hydrogen (secondary N) is 1. The molecule has 1 unspecified atom stereocenters. The molecular weight excluding hydrogens is 212 g/mol. The molecule has 1 N–H and O–H groups in total. The van der Waals surface area contributed by atoms with Crippen LogP contribution in [-0.4, -0.2) is 30.4 Å². The van der Waals surface area contributed by atoms with Gasteiger partial charge in [-0.15, -0.1) is 6.58 Å². The van der Waals surface area contributed by atoms with Crippen LogP contribution in [0, 0.1) is 0 Å². The first-order valence-corrected chi connectivity index (χ1v) is 5.78. The van der Waals surface area contributed by atoms with Crippen LogP contribution < -0.4 is 5.32 Å². The highest BCUT2D eigenvalue weighted by atomic mass is 16.2. The fraction of sp³-hybridized carbons (Fsp3) is 0.357. The van der Waals surface area contributed by atoms with Crippen molar-refractivity contribution in [1.82, 2.24) is 10.2 Å². The van der Waals surface area contributed by atoms with Crippen LogP contribution in [0.3, 0.4) is 0 Å². The van der Waals surface area contributed by atoms with E-state index in [0.717, 1.165) is 6.54 Å². The van der Waals surface area contributed by atoms with Crippen molar-refractivity contribution >= 4 is 5.91 Å². The first kappa shape index (κ1) is 13.5. The van der Waals surface area contributed by atoms with Gasteiger partial charge in [0.25, 0.3) is 0 Å². The Morgan fingerprint density at radius 1 is 1.47 bits per heavy atom. The molecule has 1 atom stereocenters. The van der Waals surface area contributed by atoms with Gasteiger partial charge in [-0.1, -0.05) is 36.4 Å². The molecule has 1 amide bonds. The summed E-state index contributed by atoms with van der Waals surface area (Å²) in [6.07, 6.45) is 1.68. The number of rotatable bonds is 6. The standard InChI is InChI=1S/C14H20N2O/c1-4-10-15-14(17)12(2)16(3)11-13-8-6-5-7-9-13/h4-9,12H,1,10-11H2,2-3H3,(H,15,17). The Kier molecular flexibility index (Phi) is 5.43. The number of carbonyl (C=O) groups is 1. The molecule has 0 aliphatic heterocycles. The summed E-state index contributed by atoms with van der Waals surface area (Å²) in [4.78, 5) is 13.8. The van der Waals surface area contributed by atoms with Crippen molar-refractivity contribution in [3.8, 4) is 0 Å². The minimum absolute atomic E-state index is 0.0309. The SMILES string of the molecule is C=CCNC(=O)C(C)N(C)Cc1ccccc1. The molecule has 0 radical (unpaired) electrons. The van der Waals surface area contributed by atoms with Gasteiger partial charge in [0, 0.05) is 13.1 Å². The molecule has 1 rings (SSSR count). The molecule has 3 nitrogen and oxygen atoms in total. The third-order valence-corrected chi connectivity index (χ3v) is 2.74. The summed E-state index contributed by atoms with van der Waals surface area (Å²) in [5, 5.41) is 2.80. The summed E-state index contributed by atoms with van der Waals surface area (Å²) in [6, 6.07) is 9.98. The fourth-order valence-electron chi connectivity index (χ4n) is 1.53. The molecule has 17 heavy (non-hydrogen) atoms. The van der Waals surface area contributed by atoms with Gasteiger partial charge in [-0.2, -0.15) is 0 Å². The van der Waals surface area contributed by atoms with Crippen LogP contribution in [0.25, 0.3) is 0 Å². The third kappa shape index (κ3) is 4.41. The second-order valence-corrected chi connectivity index (χ2v) is 4.11. The lowest BCUT2D eigenvalue weighted by molar-refractivity contribution is -0.125. The Morgan fingerprint density at radius 2 is 2.12 bits per heavy atom. The molecule has 0 saturated heterocycles. The summed E-state index contributed by atoms with van der Waals surface area (Å²) < 4.78 is 0. The molecular formula is C14H20N2O. The highest BCUT2D eigenvalue weighted by Crippen LogP contribution is 2.05. The zero-order valence-electron chi connectivity index (χ0n) is 10.5. The number of amides is 1. The van der Waals surface area contributed by atoms with Gasteiger partial charge in [0.1, 0.15) is 0 Å². The van der Waals surface area contributed by atoms with E-state index < -0.39 is 0 Å². The number of hydrogen-bond donors (Lipinski definition) is 1. The molecule has 0 aliphatic carbocycles. The van der Waals surface area contributed by atoms with Crippen molar-refractivity contribution in [2.24, 2.45) is 0 Å². The van der Waals surface area contributed by atoms with Crippen LogP contribution in [0.15, 0.2) is 43.0 Å². The zero-order chi connectivity index (χ0) is 12.7. The molecule has 0 bridgehead atoms. The Morgan fingerprint density at radius 3 is 2.71 bits per heavy atom. The Balaban J connectivity index is 2.49. The lowest BCUT2D eigenvalue weighted by Crippen LogP contribution is -2.42. The monoisotopic (exact) mass is 232 g/mol. The van der Waals surface area contributed by atoms with Gasteiger partial charge < -0.3 is 5.32 Å². The minimum Gasteiger partial charge on any atom is -0.351 e. The molecule has 0 aromatic heterocycles. The Bertz CT molecular complexity index is 362. The molecule has 3 heteroatoms. The van der Waals surface area contributed by atoms with Crippen LogP contribution in [-0.2, 0) is 11.3 Å². The lowest BCUT2D eigenvalue weighted by Gasteiger charge is -2.23. The van der Waals surface area contributed by atoms with E-state index >= 15 is 0 Å². The minimum atomic E-state index is -0.143. The van der Waals surface area contributed by atoms with E-state index in [0.29, 0.717) is 6.54 Å². The number of likely N-dealkylation sites (N-methyl/N-ethyl adjacent to an activating group) is 1. The first-order valence-electron chi connectivity index (χ1n) is 5.78. The second kappa shape index (κ2) is 6.86. The molecule has 0 heterocycles. The number of nitrogens with zero attached hydrogens (tertiary/aromatic N) is 1. The maximum absolute atomic E-state index is 11.7. The summed E-state index contributed by atoms with van der Waals surface area (Å²) in [5.74, 6) is 0.0309. The average molecular weight is 232 g/mol. The van der Waals surface area contributed by atoms with Crippen molar-refractivity contribution in [2.45, 2.75) is 19.5 Å². The maximum Gasteiger partial charge on any atom is 0.237 e. The van der Waals surface area contributed by atoms with Crippen molar-refractivity contribution in [3.63, 3.8) is 0 Å². The summed E-state index contributed by atoms with van der Waals surface area (Å²) in [6.45, 7) is 6.76. The highest BCUT2D eigenvalue weighted by molar-refractivity contribution is 5.81. The smallest absolute Gasteiger partial charge is 0.237 e. The van der Waals surface area contributed by atoms with Gasteiger partial charge in [-0.25, -0.2) is 0 Å². The van der Waals surface area contributed by atoms with E-state index in [2.05, 4.69) is 24.0 Å². The number of carbonyl (C=O) groups excluding carboxylic acids is 1. The van der Waals surface area contributed by atoms with Gasteiger partial charge in [0.2, 0.25) is 5.91 Å². The van der Waals surface area contributed by atoms with Gasteiger partial charge in [0.05, 0.1) is 6.04 Å². The van der Waals surface area contributed by atoms with Crippen LogP contribution in [0.1, 0.15) is 12.5 Å². The maximum atomic E-state index is 11.7. The zero-order valence-corrected chi connectivity index (χ0v) is 10.5. The van der Waals surface area contributed by atoms with Crippen LogP contribution >= 0.6 is 0 Å². The summed E-state index contributed by atoms with van der Waals surface area (Å²) in [5.41, 5.74) is 1.21. The van der Waals surface area contributed by atoms with E-state index in [-0.39, 0.29) is 11.9 Å². The van der Waals surface area contributed by atoms with Crippen molar-refractivity contribution < 1.29 is 4.79 Å². The van der Waals surface area contributed by atoms with E-state index in [9.17, 15) is 4.79 Å². The molecule has 1 aromatic carbocycles. The molecule has 92 valence electrons. The predicted molar refractivity (Wildman–Crippen MR) is 70.6 cm³/mol. The van der Waals surface area contributed by atoms with Gasteiger partial charge in [0.15, 0.2) is 0 Å². The second-order valence-electron chi connectivity index (χ2n) is 4.11. The van der Waals surface area contributed by atoms with Crippen molar-refractivity contribution in [1.29, 1.82) is 0 Å². The Hall–Kier alpha value is -1.61. The first-order chi connectivity index (χ1) is 8.15. The van der Waals surface area contributed by atoms with Crippen molar-refractivity contribution in [2.75, 3.05) is 13.6 Å². The van der Waals surface area contributed by atoms with Crippen LogP contribution in [0.5, 0.6) is 0 Å². The predicted octanol–water partition coefficient (Wildman–Crippen LogP) is 1.81. The molecule has 1 aromatic rings. The van der Waals surface area contributed by atoms with E-state index in [4.69, 9.17) is 0 Å². The van der Waals surface area contributed by atoms with Gasteiger partial charge >= 0.3 is 0 Å². The van der Waals surface area contributed by atoms with E-state index in [1.807, 2.05) is 37.1 Å².